The third-order valence-electron chi connectivity index (χ3n) is 4.65. The first-order chi connectivity index (χ1) is 14.1. The molecule has 154 valence electrons. The van der Waals surface area contributed by atoms with Crippen LogP contribution in [0.2, 0.25) is 0 Å². The maximum absolute atomic E-state index is 11.5. The van der Waals surface area contributed by atoms with Crippen LogP contribution in [-0.2, 0) is 0 Å². The molecule has 3 aromatic rings. The van der Waals surface area contributed by atoms with Crippen LogP contribution in [0.5, 0.6) is 28.7 Å². The predicted octanol–water partition coefficient (Wildman–Crippen LogP) is 2.79. The lowest BCUT2D eigenvalue weighted by Gasteiger charge is -2.23. The van der Waals surface area contributed by atoms with Crippen molar-refractivity contribution < 1.29 is 45.3 Å². The Labute approximate surface area is 169 Å². The Bertz CT molecular complexity index is 1080. The lowest BCUT2D eigenvalue weighted by molar-refractivity contribution is 0.0678. The summed E-state index contributed by atoms with van der Waals surface area (Å²) in [6, 6.07) is 10.0. The van der Waals surface area contributed by atoms with Gasteiger partial charge in [0, 0.05) is 17.0 Å². The Kier molecular flexibility index (Phi) is 5.12. The number of carboxylic acids is 2. The van der Waals surface area contributed by atoms with Gasteiger partial charge in [-0.2, -0.15) is 0 Å². The SMILES string of the molecule is O=C(O)c1c(O)ccc(C(c2ccc(O)cc2)c2ccc(O)c(C(=O)O)c2O)c1O. The van der Waals surface area contributed by atoms with Crippen LogP contribution in [0.15, 0.2) is 48.5 Å². The number of rotatable bonds is 5. The summed E-state index contributed by atoms with van der Waals surface area (Å²) in [5, 5.41) is 69.0. The van der Waals surface area contributed by atoms with Gasteiger partial charge in [0.05, 0.1) is 0 Å². The van der Waals surface area contributed by atoms with Crippen LogP contribution in [0.4, 0.5) is 0 Å². The van der Waals surface area contributed by atoms with Crippen molar-refractivity contribution in [3.05, 3.63) is 76.3 Å². The average Bonchev–Trinajstić information content (AvgIpc) is 2.66. The molecule has 0 atom stereocenters. The smallest absolute Gasteiger partial charge is 0.343 e. The van der Waals surface area contributed by atoms with Gasteiger partial charge in [0.25, 0.3) is 0 Å². The van der Waals surface area contributed by atoms with Crippen molar-refractivity contribution >= 4 is 11.9 Å². The molecule has 0 saturated carbocycles. The van der Waals surface area contributed by atoms with Crippen molar-refractivity contribution in [1.29, 1.82) is 0 Å². The first-order valence-corrected chi connectivity index (χ1v) is 8.48. The summed E-state index contributed by atoms with van der Waals surface area (Å²) in [6.07, 6.45) is 0. The van der Waals surface area contributed by atoms with Gasteiger partial charge >= 0.3 is 11.9 Å². The normalized spacial score (nSPS) is 10.8. The highest BCUT2D eigenvalue weighted by Gasteiger charge is 2.30. The van der Waals surface area contributed by atoms with Crippen LogP contribution >= 0.6 is 0 Å². The molecule has 0 amide bonds. The van der Waals surface area contributed by atoms with Gasteiger partial charge in [0.1, 0.15) is 39.9 Å². The van der Waals surface area contributed by atoms with E-state index >= 15 is 0 Å². The topological polar surface area (TPSA) is 176 Å². The van der Waals surface area contributed by atoms with Gasteiger partial charge in [-0.1, -0.05) is 24.3 Å². The molecule has 0 saturated heterocycles. The minimum Gasteiger partial charge on any atom is -0.508 e. The van der Waals surface area contributed by atoms with Gasteiger partial charge in [0.2, 0.25) is 0 Å². The molecule has 0 fully saturated rings. The molecule has 9 heteroatoms. The third kappa shape index (κ3) is 3.39. The maximum Gasteiger partial charge on any atom is 0.343 e. The molecule has 0 aliphatic heterocycles. The molecule has 0 unspecified atom stereocenters. The molecular formula is C21H16O9. The summed E-state index contributed by atoms with van der Waals surface area (Å²) in [7, 11) is 0. The van der Waals surface area contributed by atoms with Crippen molar-refractivity contribution in [3.8, 4) is 28.7 Å². The second-order valence-corrected chi connectivity index (χ2v) is 6.43. The van der Waals surface area contributed by atoms with E-state index in [1.54, 1.807) is 0 Å². The van der Waals surface area contributed by atoms with E-state index in [0.29, 0.717) is 5.56 Å². The van der Waals surface area contributed by atoms with Crippen LogP contribution < -0.4 is 0 Å². The minimum atomic E-state index is -1.60. The lowest BCUT2D eigenvalue weighted by Crippen LogP contribution is -2.09. The number of carbonyl (C=O) groups is 2. The van der Waals surface area contributed by atoms with Gasteiger partial charge in [-0.25, -0.2) is 9.59 Å². The molecule has 3 aromatic carbocycles. The minimum absolute atomic E-state index is 0.0618. The van der Waals surface area contributed by atoms with Gasteiger partial charge in [-0.05, 0) is 29.8 Å². The summed E-state index contributed by atoms with van der Waals surface area (Å²) in [4.78, 5) is 23.0. The van der Waals surface area contributed by atoms with E-state index in [4.69, 9.17) is 0 Å². The Morgan fingerprint density at radius 3 is 1.37 bits per heavy atom. The fourth-order valence-corrected chi connectivity index (χ4v) is 3.27. The molecule has 0 spiro atoms. The summed E-state index contributed by atoms with van der Waals surface area (Å²) >= 11 is 0. The highest BCUT2D eigenvalue weighted by molar-refractivity contribution is 5.96. The number of aromatic carboxylic acids is 2. The standard InChI is InChI=1S/C21H16O9/c22-10-3-1-9(2-4-10)15(11-5-7-13(23)16(18(11)25)20(27)28)12-6-8-14(24)17(19(12)26)21(29)30/h1-8,15,22-26H,(H,27,28)(H,29,30). The van der Waals surface area contributed by atoms with Crippen LogP contribution in [0.3, 0.4) is 0 Å². The molecule has 3 rings (SSSR count). The number of aromatic hydroxyl groups is 5. The summed E-state index contributed by atoms with van der Waals surface area (Å²) < 4.78 is 0. The molecule has 30 heavy (non-hydrogen) atoms. The molecule has 0 heterocycles. The van der Waals surface area contributed by atoms with Crippen molar-refractivity contribution in [2.24, 2.45) is 0 Å². The quantitative estimate of drug-likeness (QED) is 0.311. The molecule has 0 aliphatic carbocycles. The van der Waals surface area contributed by atoms with Crippen LogP contribution in [0.1, 0.15) is 43.3 Å². The highest BCUT2D eigenvalue weighted by Crippen LogP contribution is 2.45. The van der Waals surface area contributed by atoms with E-state index in [2.05, 4.69) is 0 Å². The summed E-state index contributed by atoms with van der Waals surface area (Å²) in [5.74, 6) is -7.34. The van der Waals surface area contributed by atoms with Crippen molar-refractivity contribution in [1.82, 2.24) is 0 Å². The highest BCUT2D eigenvalue weighted by atomic mass is 16.4. The zero-order valence-corrected chi connectivity index (χ0v) is 15.1. The number of phenols is 5. The fourth-order valence-electron chi connectivity index (χ4n) is 3.27. The van der Waals surface area contributed by atoms with E-state index in [9.17, 15) is 45.3 Å². The Morgan fingerprint density at radius 1 is 0.600 bits per heavy atom. The average molecular weight is 412 g/mol. The third-order valence-corrected chi connectivity index (χ3v) is 4.65. The zero-order chi connectivity index (χ0) is 22.2. The van der Waals surface area contributed by atoms with Gasteiger partial charge < -0.3 is 35.7 Å². The Balaban J connectivity index is 2.37. The van der Waals surface area contributed by atoms with Gasteiger partial charge in [-0.3, -0.25) is 0 Å². The Morgan fingerprint density at radius 2 is 1.00 bits per heavy atom. The number of benzene rings is 3. The first-order valence-electron chi connectivity index (χ1n) is 8.48. The number of phenolic OH excluding ortho intramolecular Hbond substituents is 1. The van der Waals surface area contributed by atoms with E-state index in [1.807, 2.05) is 0 Å². The van der Waals surface area contributed by atoms with Crippen molar-refractivity contribution in [2.75, 3.05) is 0 Å². The van der Waals surface area contributed by atoms with Crippen molar-refractivity contribution in [3.63, 3.8) is 0 Å². The molecule has 0 aliphatic rings. The monoisotopic (exact) mass is 412 g/mol. The number of hydrogen-bond donors (Lipinski definition) is 7. The van der Waals surface area contributed by atoms with Crippen molar-refractivity contribution in [2.45, 2.75) is 5.92 Å². The fraction of sp³-hybridized carbons (Fsp3) is 0.0476. The van der Waals surface area contributed by atoms with E-state index in [-0.39, 0.29) is 16.9 Å². The molecule has 7 N–H and O–H groups in total. The molecule has 0 bridgehead atoms. The summed E-state index contributed by atoms with van der Waals surface area (Å²) in [6.45, 7) is 0. The molecular weight excluding hydrogens is 396 g/mol. The van der Waals surface area contributed by atoms with Gasteiger partial charge in [-0.15, -0.1) is 0 Å². The largest absolute Gasteiger partial charge is 0.508 e. The molecule has 9 nitrogen and oxygen atoms in total. The maximum atomic E-state index is 11.5. The lowest BCUT2D eigenvalue weighted by atomic mass is 9.82. The van der Waals surface area contributed by atoms with E-state index in [0.717, 1.165) is 12.1 Å². The zero-order valence-electron chi connectivity index (χ0n) is 15.1. The molecule has 0 radical (unpaired) electrons. The van der Waals surface area contributed by atoms with Crippen LogP contribution in [0, 0.1) is 0 Å². The Hall–Kier alpha value is -4.40. The van der Waals surface area contributed by atoms with E-state index < -0.39 is 52.0 Å². The second kappa shape index (κ2) is 7.55. The predicted molar refractivity (Wildman–Crippen MR) is 103 cm³/mol. The van der Waals surface area contributed by atoms with Crippen LogP contribution in [-0.4, -0.2) is 47.7 Å². The number of carboxylic acid groups (broad SMARTS) is 2. The second-order valence-electron chi connectivity index (χ2n) is 6.43. The number of hydrogen-bond acceptors (Lipinski definition) is 7. The first kappa shape index (κ1) is 20.3. The summed E-state index contributed by atoms with van der Waals surface area (Å²) in [5.41, 5.74) is -1.31. The van der Waals surface area contributed by atoms with E-state index in [1.165, 1.54) is 36.4 Å². The van der Waals surface area contributed by atoms with Crippen LogP contribution in [0.25, 0.3) is 0 Å². The van der Waals surface area contributed by atoms with Gasteiger partial charge in [0.15, 0.2) is 0 Å². The molecule has 0 aromatic heterocycles.